The summed E-state index contributed by atoms with van der Waals surface area (Å²) in [6, 6.07) is 6.44. The van der Waals surface area contributed by atoms with E-state index < -0.39 is 17.6 Å². The van der Waals surface area contributed by atoms with Gasteiger partial charge >= 0.3 is 6.18 Å². The molecule has 1 N–H and O–H groups in total. The summed E-state index contributed by atoms with van der Waals surface area (Å²) in [6.07, 6.45) is 0.565. The molecule has 0 bridgehead atoms. The van der Waals surface area contributed by atoms with Gasteiger partial charge in [0, 0.05) is 18.7 Å². The predicted molar refractivity (Wildman–Crippen MR) is 81.6 cm³/mol. The molecule has 1 amide bonds. The number of rotatable bonds is 5. The molecule has 0 aliphatic rings. The Kier molecular flexibility index (Phi) is 5.20. The summed E-state index contributed by atoms with van der Waals surface area (Å²) in [5.74, 6) is 0.116. The first-order chi connectivity index (χ1) is 10.9. The highest BCUT2D eigenvalue weighted by Gasteiger charge is 2.30. The summed E-state index contributed by atoms with van der Waals surface area (Å²) >= 11 is 0. The SMILES string of the molecule is CCCn1nccc1NC(=O)/C=C/c1cccc(C(F)(F)F)c1. The van der Waals surface area contributed by atoms with E-state index in [9.17, 15) is 18.0 Å². The molecule has 0 fully saturated rings. The zero-order chi connectivity index (χ0) is 16.9. The van der Waals surface area contributed by atoms with Gasteiger partial charge < -0.3 is 5.32 Å². The molecule has 1 aromatic heterocycles. The summed E-state index contributed by atoms with van der Waals surface area (Å²) < 4.78 is 39.5. The van der Waals surface area contributed by atoms with E-state index >= 15 is 0 Å². The third-order valence-corrected chi connectivity index (χ3v) is 3.04. The van der Waals surface area contributed by atoms with Crippen LogP contribution in [0.1, 0.15) is 24.5 Å². The van der Waals surface area contributed by atoms with Gasteiger partial charge in [0.2, 0.25) is 5.91 Å². The molecule has 0 unspecified atom stereocenters. The Morgan fingerprint density at radius 3 is 2.83 bits per heavy atom. The summed E-state index contributed by atoms with van der Waals surface area (Å²) in [5, 5.41) is 6.71. The van der Waals surface area contributed by atoms with Crippen molar-refractivity contribution in [1.29, 1.82) is 0 Å². The number of aromatic nitrogens is 2. The van der Waals surface area contributed by atoms with Gasteiger partial charge in [-0.2, -0.15) is 18.3 Å². The minimum atomic E-state index is -4.40. The van der Waals surface area contributed by atoms with Crippen molar-refractivity contribution in [2.75, 3.05) is 5.32 Å². The van der Waals surface area contributed by atoms with Crippen LogP contribution in [0.25, 0.3) is 6.08 Å². The normalized spacial score (nSPS) is 11.8. The Labute approximate surface area is 131 Å². The molecule has 0 radical (unpaired) electrons. The molecule has 0 atom stereocenters. The van der Waals surface area contributed by atoms with Gasteiger partial charge in [-0.1, -0.05) is 19.1 Å². The minimum absolute atomic E-state index is 0.303. The molecular weight excluding hydrogens is 307 g/mol. The molecule has 122 valence electrons. The van der Waals surface area contributed by atoms with Gasteiger partial charge in [0.1, 0.15) is 5.82 Å². The lowest BCUT2D eigenvalue weighted by molar-refractivity contribution is -0.137. The van der Waals surface area contributed by atoms with E-state index in [-0.39, 0.29) is 0 Å². The van der Waals surface area contributed by atoms with Crippen LogP contribution >= 0.6 is 0 Å². The largest absolute Gasteiger partial charge is 0.416 e. The minimum Gasteiger partial charge on any atom is -0.307 e. The lowest BCUT2D eigenvalue weighted by Gasteiger charge is -2.07. The summed E-state index contributed by atoms with van der Waals surface area (Å²) in [5.41, 5.74) is -0.446. The number of carbonyl (C=O) groups excluding carboxylic acids is 1. The highest BCUT2D eigenvalue weighted by molar-refractivity contribution is 6.01. The van der Waals surface area contributed by atoms with Crippen molar-refractivity contribution in [2.45, 2.75) is 26.1 Å². The number of hydrogen-bond acceptors (Lipinski definition) is 2. The zero-order valence-corrected chi connectivity index (χ0v) is 12.5. The van der Waals surface area contributed by atoms with Crippen molar-refractivity contribution in [3.8, 4) is 0 Å². The topological polar surface area (TPSA) is 46.9 Å². The van der Waals surface area contributed by atoms with Gasteiger partial charge in [0.05, 0.1) is 11.8 Å². The van der Waals surface area contributed by atoms with Crippen LogP contribution in [0.4, 0.5) is 19.0 Å². The van der Waals surface area contributed by atoms with Crippen molar-refractivity contribution < 1.29 is 18.0 Å². The molecular formula is C16H16F3N3O. The number of halogens is 3. The van der Waals surface area contributed by atoms with Crippen LogP contribution in [-0.2, 0) is 17.5 Å². The molecule has 0 saturated heterocycles. The standard InChI is InChI=1S/C16H16F3N3O/c1-2-10-22-14(8-9-20-22)21-15(23)7-6-12-4-3-5-13(11-12)16(17,18)19/h3-9,11H,2,10H2,1H3,(H,21,23)/b7-6+. The maximum absolute atomic E-state index is 12.6. The van der Waals surface area contributed by atoms with Crippen LogP contribution in [-0.4, -0.2) is 15.7 Å². The van der Waals surface area contributed by atoms with Crippen LogP contribution in [0, 0.1) is 0 Å². The highest BCUT2D eigenvalue weighted by atomic mass is 19.4. The molecule has 7 heteroatoms. The Morgan fingerprint density at radius 2 is 2.13 bits per heavy atom. The van der Waals surface area contributed by atoms with Crippen molar-refractivity contribution in [2.24, 2.45) is 0 Å². The van der Waals surface area contributed by atoms with Gasteiger partial charge in [0.25, 0.3) is 0 Å². The fourth-order valence-corrected chi connectivity index (χ4v) is 1.99. The number of nitrogens with zero attached hydrogens (tertiary/aromatic N) is 2. The van der Waals surface area contributed by atoms with E-state index in [1.165, 1.54) is 24.3 Å². The van der Waals surface area contributed by atoms with Crippen LogP contribution in [0.5, 0.6) is 0 Å². The lowest BCUT2D eigenvalue weighted by Crippen LogP contribution is -2.13. The number of nitrogens with one attached hydrogen (secondary N) is 1. The molecule has 2 aromatic rings. The van der Waals surface area contributed by atoms with Crippen molar-refractivity contribution in [1.82, 2.24) is 9.78 Å². The highest BCUT2D eigenvalue weighted by Crippen LogP contribution is 2.29. The van der Waals surface area contributed by atoms with Crippen LogP contribution in [0.2, 0.25) is 0 Å². The van der Waals surface area contributed by atoms with E-state index in [1.54, 1.807) is 16.9 Å². The van der Waals surface area contributed by atoms with Crippen LogP contribution < -0.4 is 5.32 Å². The van der Waals surface area contributed by atoms with Gasteiger partial charge in [-0.25, -0.2) is 4.68 Å². The van der Waals surface area contributed by atoms with Crippen LogP contribution in [0.15, 0.2) is 42.6 Å². The number of alkyl halides is 3. The van der Waals surface area contributed by atoms with Gasteiger partial charge in [0.15, 0.2) is 0 Å². The molecule has 0 aliphatic heterocycles. The Morgan fingerprint density at radius 1 is 1.35 bits per heavy atom. The Bertz CT molecular complexity index is 705. The maximum Gasteiger partial charge on any atom is 0.416 e. The second kappa shape index (κ2) is 7.13. The first kappa shape index (κ1) is 16.8. The van der Waals surface area contributed by atoms with E-state index in [2.05, 4.69) is 10.4 Å². The Balaban J connectivity index is 2.05. The third-order valence-electron chi connectivity index (χ3n) is 3.04. The lowest BCUT2D eigenvalue weighted by atomic mass is 10.1. The number of aryl methyl sites for hydroxylation is 1. The maximum atomic E-state index is 12.6. The number of benzene rings is 1. The number of amides is 1. The van der Waals surface area contributed by atoms with Crippen molar-refractivity contribution in [3.05, 3.63) is 53.7 Å². The average molecular weight is 323 g/mol. The van der Waals surface area contributed by atoms with Crippen molar-refractivity contribution >= 4 is 17.8 Å². The number of hydrogen-bond donors (Lipinski definition) is 1. The first-order valence-electron chi connectivity index (χ1n) is 7.08. The summed E-state index contributed by atoms with van der Waals surface area (Å²) in [7, 11) is 0. The van der Waals surface area contributed by atoms with Gasteiger partial charge in [-0.3, -0.25) is 4.79 Å². The van der Waals surface area contributed by atoms with Crippen molar-refractivity contribution in [3.63, 3.8) is 0 Å². The van der Waals surface area contributed by atoms with E-state index in [4.69, 9.17) is 0 Å². The fraction of sp³-hybridized carbons (Fsp3) is 0.250. The van der Waals surface area contributed by atoms with E-state index in [1.807, 2.05) is 6.92 Å². The molecule has 1 aromatic carbocycles. The monoisotopic (exact) mass is 323 g/mol. The second-order valence-electron chi connectivity index (χ2n) is 4.89. The molecule has 4 nitrogen and oxygen atoms in total. The predicted octanol–water partition coefficient (Wildman–Crippen LogP) is 3.96. The second-order valence-corrected chi connectivity index (χ2v) is 4.89. The molecule has 23 heavy (non-hydrogen) atoms. The number of carbonyl (C=O) groups is 1. The quantitative estimate of drug-likeness (QED) is 0.847. The molecule has 0 saturated carbocycles. The fourth-order valence-electron chi connectivity index (χ4n) is 1.99. The van der Waals surface area contributed by atoms with E-state index in [0.717, 1.165) is 18.6 Å². The molecule has 1 heterocycles. The number of anilines is 1. The Hall–Kier alpha value is -2.57. The zero-order valence-electron chi connectivity index (χ0n) is 12.5. The smallest absolute Gasteiger partial charge is 0.307 e. The van der Waals surface area contributed by atoms with Crippen LogP contribution in [0.3, 0.4) is 0 Å². The molecule has 2 rings (SSSR count). The summed E-state index contributed by atoms with van der Waals surface area (Å²) in [6.45, 7) is 2.65. The third kappa shape index (κ3) is 4.70. The van der Waals surface area contributed by atoms with Gasteiger partial charge in [-0.15, -0.1) is 0 Å². The molecule has 0 spiro atoms. The average Bonchev–Trinajstić information content (AvgIpc) is 2.92. The molecule has 0 aliphatic carbocycles. The first-order valence-corrected chi connectivity index (χ1v) is 7.08. The summed E-state index contributed by atoms with van der Waals surface area (Å²) in [4.78, 5) is 11.9. The van der Waals surface area contributed by atoms with E-state index in [0.29, 0.717) is 17.9 Å². The van der Waals surface area contributed by atoms with Gasteiger partial charge in [-0.05, 0) is 30.2 Å².